The van der Waals surface area contributed by atoms with Crippen LogP contribution in [0.2, 0.25) is 0 Å². The van der Waals surface area contributed by atoms with Crippen LogP contribution in [-0.2, 0) is 6.54 Å². The van der Waals surface area contributed by atoms with Crippen LogP contribution in [0.4, 0.5) is 0 Å². The molecule has 1 saturated heterocycles. The van der Waals surface area contributed by atoms with E-state index < -0.39 is 0 Å². The molecule has 2 amide bonds. The second-order valence-electron chi connectivity index (χ2n) is 7.20. The zero-order chi connectivity index (χ0) is 18.5. The molecule has 3 rings (SSSR count). The van der Waals surface area contributed by atoms with E-state index in [0.717, 1.165) is 31.5 Å². The van der Waals surface area contributed by atoms with Crippen molar-refractivity contribution in [2.75, 3.05) is 20.1 Å². The minimum Gasteiger partial charge on any atom is -0.339 e. The van der Waals surface area contributed by atoms with Crippen molar-refractivity contribution in [2.24, 2.45) is 5.92 Å². The summed E-state index contributed by atoms with van der Waals surface area (Å²) in [5, 5.41) is 0. The van der Waals surface area contributed by atoms with Gasteiger partial charge in [0.25, 0.3) is 11.8 Å². The van der Waals surface area contributed by atoms with E-state index in [4.69, 9.17) is 0 Å². The number of rotatable bonds is 4. The Kier molecular flexibility index (Phi) is 5.71. The Labute approximate surface area is 155 Å². The molecule has 1 aliphatic rings. The number of carbonyl (C=O) groups excluding carboxylic acids is 2. The van der Waals surface area contributed by atoms with Gasteiger partial charge in [-0.2, -0.15) is 0 Å². The van der Waals surface area contributed by atoms with E-state index in [1.165, 1.54) is 0 Å². The summed E-state index contributed by atoms with van der Waals surface area (Å²) in [5.41, 5.74) is 2.23. The zero-order valence-electron chi connectivity index (χ0n) is 15.5. The molecule has 0 bridgehead atoms. The molecular weight excluding hydrogens is 324 g/mol. The Morgan fingerprint density at radius 3 is 2.35 bits per heavy atom. The highest BCUT2D eigenvalue weighted by atomic mass is 16.2. The lowest BCUT2D eigenvalue weighted by Gasteiger charge is -2.30. The number of hydrogen-bond donors (Lipinski definition) is 0. The summed E-state index contributed by atoms with van der Waals surface area (Å²) in [6.07, 6.45) is 2.09. The molecule has 4 heteroatoms. The zero-order valence-corrected chi connectivity index (χ0v) is 15.5. The Hall–Kier alpha value is -2.62. The molecule has 0 radical (unpaired) electrons. The van der Waals surface area contributed by atoms with Gasteiger partial charge in [-0.05, 0) is 42.5 Å². The molecule has 4 nitrogen and oxygen atoms in total. The predicted molar refractivity (Wildman–Crippen MR) is 103 cm³/mol. The summed E-state index contributed by atoms with van der Waals surface area (Å²) >= 11 is 0. The van der Waals surface area contributed by atoms with Gasteiger partial charge in [-0.1, -0.05) is 43.3 Å². The number of piperidine rings is 1. The van der Waals surface area contributed by atoms with Gasteiger partial charge in [0.05, 0.1) is 0 Å². The standard InChI is InChI=1S/C22H26N2O2/c1-17-11-13-24(14-12-17)22(26)20-10-6-9-19(15-20)21(25)23(2)16-18-7-4-3-5-8-18/h3-10,15,17H,11-14,16H2,1-2H3. The van der Waals surface area contributed by atoms with Crippen LogP contribution in [-0.4, -0.2) is 41.8 Å². The van der Waals surface area contributed by atoms with Crippen molar-refractivity contribution in [2.45, 2.75) is 26.3 Å². The van der Waals surface area contributed by atoms with E-state index in [1.54, 1.807) is 36.2 Å². The molecule has 0 aromatic heterocycles. The number of carbonyl (C=O) groups is 2. The van der Waals surface area contributed by atoms with Gasteiger partial charge in [-0.25, -0.2) is 0 Å². The van der Waals surface area contributed by atoms with E-state index in [-0.39, 0.29) is 11.8 Å². The smallest absolute Gasteiger partial charge is 0.253 e. The lowest BCUT2D eigenvalue weighted by molar-refractivity contribution is 0.0697. The van der Waals surface area contributed by atoms with Gasteiger partial charge >= 0.3 is 0 Å². The number of amides is 2. The van der Waals surface area contributed by atoms with E-state index in [0.29, 0.717) is 23.6 Å². The Morgan fingerprint density at radius 1 is 1.00 bits per heavy atom. The fourth-order valence-electron chi connectivity index (χ4n) is 3.33. The van der Waals surface area contributed by atoms with Crippen molar-refractivity contribution < 1.29 is 9.59 Å². The van der Waals surface area contributed by atoms with Crippen LogP contribution in [0.3, 0.4) is 0 Å². The molecule has 0 spiro atoms. The van der Waals surface area contributed by atoms with E-state index in [2.05, 4.69) is 6.92 Å². The topological polar surface area (TPSA) is 40.6 Å². The van der Waals surface area contributed by atoms with Crippen molar-refractivity contribution in [3.8, 4) is 0 Å². The molecule has 1 aliphatic heterocycles. The average Bonchev–Trinajstić information content (AvgIpc) is 2.68. The normalized spacial score (nSPS) is 14.9. The molecule has 0 N–H and O–H groups in total. The number of hydrogen-bond acceptors (Lipinski definition) is 2. The summed E-state index contributed by atoms with van der Waals surface area (Å²) in [5.74, 6) is 0.631. The van der Waals surface area contributed by atoms with Crippen LogP contribution in [0, 0.1) is 5.92 Å². The van der Waals surface area contributed by atoms with Crippen molar-refractivity contribution in [1.29, 1.82) is 0 Å². The average molecular weight is 350 g/mol. The largest absolute Gasteiger partial charge is 0.339 e. The summed E-state index contributed by atoms with van der Waals surface area (Å²) in [6, 6.07) is 17.0. The quantitative estimate of drug-likeness (QED) is 0.841. The van der Waals surface area contributed by atoms with Gasteiger partial charge < -0.3 is 9.80 Å². The van der Waals surface area contributed by atoms with Gasteiger partial charge in [0, 0.05) is 37.8 Å². The van der Waals surface area contributed by atoms with E-state index in [9.17, 15) is 9.59 Å². The highest BCUT2D eigenvalue weighted by Gasteiger charge is 2.22. The van der Waals surface area contributed by atoms with Crippen LogP contribution >= 0.6 is 0 Å². The Balaban J connectivity index is 1.70. The highest BCUT2D eigenvalue weighted by Crippen LogP contribution is 2.19. The van der Waals surface area contributed by atoms with Crippen molar-refractivity contribution in [3.63, 3.8) is 0 Å². The van der Waals surface area contributed by atoms with Crippen LogP contribution < -0.4 is 0 Å². The van der Waals surface area contributed by atoms with Crippen LogP contribution in [0.25, 0.3) is 0 Å². The molecule has 0 saturated carbocycles. The van der Waals surface area contributed by atoms with Crippen molar-refractivity contribution >= 4 is 11.8 Å². The first-order valence-corrected chi connectivity index (χ1v) is 9.23. The molecule has 0 unspecified atom stereocenters. The second kappa shape index (κ2) is 8.17. The lowest BCUT2D eigenvalue weighted by Crippen LogP contribution is -2.38. The molecule has 136 valence electrons. The van der Waals surface area contributed by atoms with Crippen LogP contribution in [0.5, 0.6) is 0 Å². The Morgan fingerprint density at radius 2 is 1.65 bits per heavy atom. The lowest BCUT2D eigenvalue weighted by atomic mass is 9.98. The maximum atomic E-state index is 12.7. The summed E-state index contributed by atoms with van der Waals surface area (Å²) in [7, 11) is 1.79. The SMILES string of the molecule is CC1CCN(C(=O)c2cccc(C(=O)N(C)Cc3ccccc3)c2)CC1. The van der Waals surface area contributed by atoms with Crippen LogP contribution in [0.15, 0.2) is 54.6 Å². The van der Waals surface area contributed by atoms with Gasteiger partial charge in [0.1, 0.15) is 0 Å². The van der Waals surface area contributed by atoms with Gasteiger partial charge in [0.2, 0.25) is 0 Å². The third-order valence-corrected chi connectivity index (χ3v) is 5.04. The Bertz CT molecular complexity index is 765. The van der Waals surface area contributed by atoms with Crippen molar-refractivity contribution in [3.05, 3.63) is 71.3 Å². The number of benzene rings is 2. The summed E-state index contributed by atoms with van der Waals surface area (Å²) < 4.78 is 0. The molecule has 0 atom stereocenters. The minimum atomic E-state index is -0.0734. The van der Waals surface area contributed by atoms with Gasteiger partial charge in [-0.15, -0.1) is 0 Å². The first-order chi connectivity index (χ1) is 12.5. The first kappa shape index (κ1) is 18.2. The monoisotopic (exact) mass is 350 g/mol. The highest BCUT2D eigenvalue weighted by molar-refractivity contribution is 5.99. The molecular formula is C22H26N2O2. The second-order valence-corrected chi connectivity index (χ2v) is 7.20. The molecule has 26 heavy (non-hydrogen) atoms. The van der Waals surface area contributed by atoms with Crippen molar-refractivity contribution in [1.82, 2.24) is 9.80 Å². The molecule has 2 aromatic rings. The summed E-state index contributed by atoms with van der Waals surface area (Å²) in [4.78, 5) is 29.1. The van der Waals surface area contributed by atoms with Crippen LogP contribution in [0.1, 0.15) is 46.0 Å². The fourth-order valence-corrected chi connectivity index (χ4v) is 3.33. The third-order valence-electron chi connectivity index (χ3n) is 5.04. The number of nitrogens with zero attached hydrogens (tertiary/aromatic N) is 2. The molecule has 2 aromatic carbocycles. The first-order valence-electron chi connectivity index (χ1n) is 9.23. The van der Waals surface area contributed by atoms with Gasteiger partial charge in [-0.3, -0.25) is 9.59 Å². The molecule has 1 heterocycles. The van der Waals surface area contributed by atoms with Gasteiger partial charge in [0.15, 0.2) is 0 Å². The minimum absolute atomic E-state index is 0.0252. The number of likely N-dealkylation sites (tertiary alicyclic amines) is 1. The maximum Gasteiger partial charge on any atom is 0.253 e. The summed E-state index contributed by atoms with van der Waals surface area (Å²) in [6.45, 7) is 4.36. The van der Waals surface area contributed by atoms with E-state index in [1.807, 2.05) is 35.2 Å². The third kappa shape index (κ3) is 4.31. The maximum absolute atomic E-state index is 12.7. The molecule has 0 aliphatic carbocycles. The van der Waals surface area contributed by atoms with E-state index >= 15 is 0 Å². The fraction of sp³-hybridized carbons (Fsp3) is 0.364. The predicted octanol–water partition coefficient (Wildman–Crippen LogP) is 3.83. The molecule has 1 fully saturated rings.